The van der Waals surface area contributed by atoms with Gasteiger partial charge < -0.3 is 14.5 Å². The third-order valence-corrected chi connectivity index (χ3v) is 5.43. The van der Waals surface area contributed by atoms with Crippen LogP contribution in [0.1, 0.15) is 16.2 Å². The van der Waals surface area contributed by atoms with Crippen LogP contribution in [-0.4, -0.2) is 59.1 Å². The summed E-state index contributed by atoms with van der Waals surface area (Å²) in [7, 11) is 1.60. The minimum Gasteiger partial charge on any atom is -0.494 e. The quantitative estimate of drug-likeness (QED) is 0.659. The van der Waals surface area contributed by atoms with E-state index >= 15 is 0 Å². The monoisotopic (exact) mass is 411 g/mol. The van der Waals surface area contributed by atoms with Crippen molar-refractivity contribution in [3.8, 4) is 11.4 Å². The molecule has 0 bridgehead atoms. The minimum atomic E-state index is -0.0859. The van der Waals surface area contributed by atoms with Gasteiger partial charge in [0.25, 0.3) is 5.91 Å². The molecule has 0 unspecified atom stereocenters. The summed E-state index contributed by atoms with van der Waals surface area (Å²) in [4.78, 5) is 17.4. The lowest BCUT2D eigenvalue weighted by Crippen LogP contribution is -2.49. The Morgan fingerprint density at radius 3 is 2.34 bits per heavy atom. The minimum absolute atomic E-state index is 0.0859. The van der Waals surface area contributed by atoms with Gasteiger partial charge >= 0.3 is 0 Å². The van der Waals surface area contributed by atoms with Crippen molar-refractivity contribution < 1.29 is 9.53 Å². The van der Waals surface area contributed by atoms with Gasteiger partial charge in [0, 0.05) is 26.2 Å². The lowest BCUT2D eigenvalue weighted by Gasteiger charge is -2.36. The Balaban J connectivity index is 1.56. The van der Waals surface area contributed by atoms with Crippen LogP contribution in [0.5, 0.6) is 5.75 Å². The molecule has 1 aliphatic heterocycles. The Bertz CT molecular complexity index is 1030. The number of halogens is 1. The maximum absolute atomic E-state index is 13.3. The van der Waals surface area contributed by atoms with E-state index in [9.17, 15) is 4.79 Å². The average molecular weight is 412 g/mol. The molecule has 8 heteroatoms. The number of hydrogen-bond donors (Lipinski definition) is 0. The smallest absolute Gasteiger partial charge is 0.274 e. The molecular weight excluding hydrogens is 390 g/mol. The Hall–Kier alpha value is -3.06. The maximum Gasteiger partial charge on any atom is 0.274 e. The summed E-state index contributed by atoms with van der Waals surface area (Å²) in [5, 5.41) is 9.06. The zero-order valence-corrected chi connectivity index (χ0v) is 17.1. The molecule has 7 nitrogen and oxygen atoms in total. The van der Waals surface area contributed by atoms with Gasteiger partial charge in [-0.2, -0.15) is 0 Å². The summed E-state index contributed by atoms with van der Waals surface area (Å²) in [6.45, 7) is 4.42. The first-order chi connectivity index (χ1) is 14.1. The first kappa shape index (κ1) is 19.3. The highest BCUT2D eigenvalue weighted by molar-refractivity contribution is 6.33. The average Bonchev–Trinajstić information content (AvgIpc) is 3.15. The summed E-state index contributed by atoms with van der Waals surface area (Å²) >= 11 is 6.32. The van der Waals surface area contributed by atoms with Crippen LogP contribution in [-0.2, 0) is 0 Å². The third kappa shape index (κ3) is 3.65. The fraction of sp³-hybridized carbons (Fsp3) is 0.286. The highest BCUT2D eigenvalue weighted by Crippen LogP contribution is 2.27. The van der Waals surface area contributed by atoms with Gasteiger partial charge in [0.1, 0.15) is 11.4 Å². The van der Waals surface area contributed by atoms with Gasteiger partial charge in [-0.25, -0.2) is 4.68 Å². The van der Waals surface area contributed by atoms with Crippen LogP contribution >= 0.6 is 11.6 Å². The zero-order valence-electron chi connectivity index (χ0n) is 16.4. The van der Waals surface area contributed by atoms with E-state index in [4.69, 9.17) is 16.3 Å². The third-order valence-electron chi connectivity index (χ3n) is 5.11. The van der Waals surface area contributed by atoms with E-state index in [0.717, 1.165) is 10.7 Å². The van der Waals surface area contributed by atoms with Crippen molar-refractivity contribution in [3.63, 3.8) is 0 Å². The number of aromatic nitrogens is 3. The normalized spacial score (nSPS) is 14.2. The number of para-hydroxylation sites is 3. The van der Waals surface area contributed by atoms with Gasteiger partial charge in [-0.05, 0) is 31.2 Å². The number of methoxy groups -OCH3 is 1. The molecular formula is C21H22ClN5O2. The molecule has 150 valence electrons. The highest BCUT2D eigenvalue weighted by Gasteiger charge is 2.28. The van der Waals surface area contributed by atoms with Crippen LogP contribution in [0.2, 0.25) is 5.02 Å². The molecule has 1 amide bonds. The molecule has 1 fully saturated rings. The van der Waals surface area contributed by atoms with Crippen molar-refractivity contribution in [2.45, 2.75) is 6.92 Å². The molecule has 0 aliphatic carbocycles. The van der Waals surface area contributed by atoms with E-state index in [-0.39, 0.29) is 5.91 Å². The van der Waals surface area contributed by atoms with Crippen molar-refractivity contribution in [2.24, 2.45) is 0 Å². The van der Waals surface area contributed by atoms with Gasteiger partial charge in [0.2, 0.25) is 0 Å². The molecule has 3 aromatic rings. The number of carbonyl (C=O) groups is 1. The van der Waals surface area contributed by atoms with Crippen LogP contribution < -0.4 is 9.64 Å². The molecule has 0 N–H and O–H groups in total. The fourth-order valence-electron chi connectivity index (χ4n) is 3.58. The second-order valence-electron chi connectivity index (χ2n) is 6.84. The number of amides is 1. The predicted molar refractivity (Wildman–Crippen MR) is 112 cm³/mol. The number of hydrogen-bond acceptors (Lipinski definition) is 5. The number of carbonyl (C=O) groups excluding carboxylic acids is 1. The van der Waals surface area contributed by atoms with E-state index in [1.165, 1.54) is 0 Å². The molecule has 2 aromatic carbocycles. The Morgan fingerprint density at radius 1 is 1.00 bits per heavy atom. The van der Waals surface area contributed by atoms with E-state index < -0.39 is 0 Å². The van der Waals surface area contributed by atoms with Crippen molar-refractivity contribution in [3.05, 3.63) is 64.9 Å². The van der Waals surface area contributed by atoms with Gasteiger partial charge in [-0.15, -0.1) is 5.10 Å². The first-order valence-corrected chi connectivity index (χ1v) is 9.82. The number of benzene rings is 2. The zero-order chi connectivity index (χ0) is 20.4. The van der Waals surface area contributed by atoms with Crippen LogP contribution in [0.15, 0.2) is 48.5 Å². The fourth-order valence-corrected chi connectivity index (χ4v) is 3.84. The molecule has 4 rings (SSSR count). The number of rotatable bonds is 4. The summed E-state index contributed by atoms with van der Waals surface area (Å²) < 4.78 is 7.00. The molecule has 29 heavy (non-hydrogen) atoms. The molecule has 0 spiro atoms. The van der Waals surface area contributed by atoms with Crippen molar-refractivity contribution >= 4 is 23.2 Å². The summed E-state index contributed by atoms with van der Waals surface area (Å²) in [5.74, 6) is 0.548. The molecule has 0 radical (unpaired) electrons. The standard InChI is InChI=1S/C21H22ClN5O2/c1-15-20(27(24-23-15)18-9-5-6-10-19(18)29-2)21(28)26-13-11-25(12-14-26)17-8-4-3-7-16(17)22/h3-10H,11-14H2,1-2H3. The topological polar surface area (TPSA) is 63.5 Å². The molecule has 1 saturated heterocycles. The molecule has 2 heterocycles. The number of ether oxygens (including phenoxy) is 1. The number of anilines is 1. The maximum atomic E-state index is 13.3. The molecule has 1 aromatic heterocycles. The predicted octanol–water partition coefficient (Wildman–Crippen LogP) is 3.20. The van der Waals surface area contributed by atoms with E-state index in [0.29, 0.717) is 49.0 Å². The van der Waals surface area contributed by atoms with Crippen LogP contribution in [0.3, 0.4) is 0 Å². The van der Waals surface area contributed by atoms with Gasteiger partial charge in [-0.1, -0.05) is 41.1 Å². The summed E-state index contributed by atoms with van der Waals surface area (Å²) in [5.41, 5.74) is 2.74. The van der Waals surface area contributed by atoms with Crippen molar-refractivity contribution in [1.82, 2.24) is 19.9 Å². The second kappa shape index (κ2) is 8.13. The lowest BCUT2D eigenvalue weighted by atomic mass is 10.2. The van der Waals surface area contributed by atoms with E-state index in [2.05, 4.69) is 15.2 Å². The largest absolute Gasteiger partial charge is 0.494 e. The number of aryl methyl sites for hydroxylation is 1. The van der Waals surface area contributed by atoms with E-state index in [1.807, 2.05) is 53.4 Å². The highest BCUT2D eigenvalue weighted by atomic mass is 35.5. The molecule has 1 aliphatic rings. The van der Waals surface area contributed by atoms with Gasteiger partial charge in [0.05, 0.1) is 23.5 Å². The van der Waals surface area contributed by atoms with Crippen molar-refractivity contribution in [2.75, 3.05) is 38.2 Å². The van der Waals surface area contributed by atoms with Crippen LogP contribution in [0.4, 0.5) is 5.69 Å². The van der Waals surface area contributed by atoms with E-state index in [1.54, 1.807) is 18.7 Å². The van der Waals surface area contributed by atoms with Gasteiger partial charge in [0.15, 0.2) is 5.69 Å². The SMILES string of the molecule is COc1ccccc1-n1nnc(C)c1C(=O)N1CCN(c2ccccc2Cl)CC1. The Kier molecular flexibility index (Phi) is 5.40. The molecule has 0 saturated carbocycles. The Morgan fingerprint density at radius 2 is 1.66 bits per heavy atom. The summed E-state index contributed by atoms with van der Waals surface area (Å²) in [6.07, 6.45) is 0. The molecule has 0 atom stereocenters. The lowest BCUT2D eigenvalue weighted by molar-refractivity contribution is 0.0736. The van der Waals surface area contributed by atoms with Gasteiger partial charge in [-0.3, -0.25) is 4.79 Å². The van der Waals surface area contributed by atoms with Crippen molar-refractivity contribution in [1.29, 1.82) is 0 Å². The summed E-state index contributed by atoms with van der Waals surface area (Å²) in [6, 6.07) is 15.2. The Labute approximate surface area is 174 Å². The number of nitrogens with zero attached hydrogens (tertiary/aromatic N) is 5. The second-order valence-corrected chi connectivity index (χ2v) is 7.24. The van der Waals surface area contributed by atoms with Crippen LogP contribution in [0.25, 0.3) is 5.69 Å². The van der Waals surface area contributed by atoms with Crippen LogP contribution in [0, 0.1) is 6.92 Å². The number of piperazine rings is 1. The first-order valence-electron chi connectivity index (χ1n) is 9.44.